The van der Waals surface area contributed by atoms with Crippen molar-refractivity contribution in [2.24, 2.45) is 0 Å². The molecule has 1 amide bonds. The van der Waals surface area contributed by atoms with E-state index in [0.717, 1.165) is 30.6 Å². The minimum absolute atomic E-state index is 0.0587. The topological polar surface area (TPSA) is 92.8 Å². The van der Waals surface area contributed by atoms with E-state index in [1.165, 1.54) is 16.4 Å². The van der Waals surface area contributed by atoms with Gasteiger partial charge in [-0.25, -0.2) is 13.2 Å². The van der Waals surface area contributed by atoms with E-state index in [-0.39, 0.29) is 23.1 Å². The molecule has 0 aliphatic carbocycles. The van der Waals surface area contributed by atoms with Gasteiger partial charge in [0.1, 0.15) is 4.88 Å². The van der Waals surface area contributed by atoms with E-state index >= 15 is 0 Å². The number of thiophene rings is 1. The first kappa shape index (κ1) is 22.5. The van der Waals surface area contributed by atoms with E-state index < -0.39 is 21.9 Å². The van der Waals surface area contributed by atoms with Crippen LogP contribution < -0.4 is 5.32 Å². The maximum atomic E-state index is 13.1. The molecule has 9 heteroatoms. The summed E-state index contributed by atoms with van der Waals surface area (Å²) in [5, 5.41) is 3.25. The van der Waals surface area contributed by atoms with Crippen LogP contribution in [0, 0.1) is 6.92 Å². The fraction of sp³-hybridized carbons (Fsp3) is 0.429. The number of nitrogens with zero attached hydrogens (tertiary/aromatic N) is 1. The van der Waals surface area contributed by atoms with Gasteiger partial charge in [0.15, 0.2) is 0 Å². The molecule has 1 aromatic heterocycles. The van der Waals surface area contributed by atoms with Crippen LogP contribution in [0.5, 0.6) is 0 Å². The van der Waals surface area contributed by atoms with Crippen LogP contribution in [-0.2, 0) is 14.8 Å². The van der Waals surface area contributed by atoms with Gasteiger partial charge in [-0.15, -0.1) is 11.3 Å². The standard InChI is InChI=1S/C21H26N2O5S2/c1-4-28-21(25)19-14(2)12-18(29-19)22-20(24)16-9-7-10-17(13-16)30(26,27)23-11-6-5-8-15(23)3/h7,9-10,12-13,15H,4-6,8,11H2,1-3H3,(H,22,24)/t15-/m0/s1. The first-order chi connectivity index (χ1) is 14.2. The number of hydrogen-bond donors (Lipinski definition) is 1. The number of nitrogens with one attached hydrogen (secondary N) is 1. The fourth-order valence-electron chi connectivity index (χ4n) is 3.49. The highest BCUT2D eigenvalue weighted by Gasteiger charge is 2.31. The van der Waals surface area contributed by atoms with Crippen LogP contribution in [0.4, 0.5) is 5.00 Å². The molecule has 30 heavy (non-hydrogen) atoms. The highest BCUT2D eigenvalue weighted by molar-refractivity contribution is 7.89. The molecule has 2 heterocycles. The lowest BCUT2D eigenvalue weighted by molar-refractivity contribution is 0.0531. The predicted octanol–water partition coefficient (Wildman–Crippen LogP) is 4.05. The number of carbonyl (C=O) groups excluding carboxylic acids is 2. The molecule has 3 rings (SSSR count). The summed E-state index contributed by atoms with van der Waals surface area (Å²) in [4.78, 5) is 25.2. The first-order valence-electron chi connectivity index (χ1n) is 9.95. The quantitative estimate of drug-likeness (QED) is 0.670. The van der Waals surface area contributed by atoms with Crippen molar-refractivity contribution in [3.05, 3.63) is 46.3 Å². The average molecular weight is 451 g/mol. The third-order valence-electron chi connectivity index (χ3n) is 5.06. The molecule has 0 radical (unpaired) electrons. The molecule has 1 fully saturated rings. The van der Waals surface area contributed by atoms with Crippen LogP contribution in [0.15, 0.2) is 35.2 Å². The molecule has 1 saturated heterocycles. The number of piperidine rings is 1. The number of esters is 1. The summed E-state index contributed by atoms with van der Waals surface area (Å²) in [7, 11) is -3.67. The predicted molar refractivity (Wildman–Crippen MR) is 117 cm³/mol. The zero-order valence-corrected chi connectivity index (χ0v) is 18.9. The van der Waals surface area contributed by atoms with Crippen LogP contribution in [0.25, 0.3) is 0 Å². The lowest BCUT2D eigenvalue weighted by atomic mass is 10.1. The Balaban J connectivity index is 1.80. The van der Waals surface area contributed by atoms with E-state index in [1.807, 2.05) is 6.92 Å². The summed E-state index contributed by atoms with van der Waals surface area (Å²) in [5.41, 5.74) is 0.952. The van der Waals surface area contributed by atoms with Crippen LogP contribution in [0.3, 0.4) is 0 Å². The van der Waals surface area contributed by atoms with Crippen LogP contribution in [0.2, 0.25) is 0 Å². The van der Waals surface area contributed by atoms with Crippen molar-refractivity contribution in [2.75, 3.05) is 18.5 Å². The van der Waals surface area contributed by atoms with Gasteiger partial charge in [-0.2, -0.15) is 4.31 Å². The third-order valence-corrected chi connectivity index (χ3v) is 8.20. The summed E-state index contributed by atoms with van der Waals surface area (Å²) in [6, 6.07) is 7.70. The number of amides is 1. The number of anilines is 1. The summed E-state index contributed by atoms with van der Waals surface area (Å²) >= 11 is 1.13. The number of carbonyl (C=O) groups is 2. The van der Waals surface area contributed by atoms with E-state index in [1.54, 1.807) is 32.0 Å². The van der Waals surface area contributed by atoms with Crippen molar-refractivity contribution in [3.63, 3.8) is 0 Å². The van der Waals surface area contributed by atoms with Gasteiger partial charge < -0.3 is 10.1 Å². The van der Waals surface area contributed by atoms with Crippen molar-refractivity contribution in [2.45, 2.75) is 51.0 Å². The lowest BCUT2D eigenvalue weighted by Gasteiger charge is -2.32. The SMILES string of the molecule is CCOC(=O)c1sc(NC(=O)c2cccc(S(=O)(=O)N3CCCC[C@@H]3C)c2)cc1C. The summed E-state index contributed by atoms with van der Waals surface area (Å²) in [5.74, 6) is -0.861. The van der Waals surface area contributed by atoms with E-state index in [2.05, 4.69) is 5.32 Å². The number of sulfonamides is 1. The average Bonchev–Trinajstić information content (AvgIpc) is 3.08. The molecule has 1 aromatic carbocycles. The molecular formula is C21H26N2O5S2. The largest absolute Gasteiger partial charge is 0.462 e. The Bertz CT molecular complexity index is 1050. The molecule has 7 nitrogen and oxygen atoms in total. The second-order valence-corrected chi connectivity index (χ2v) is 10.2. The Kier molecular flexibility index (Phi) is 6.95. The highest BCUT2D eigenvalue weighted by Crippen LogP contribution is 2.29. The van der Waals surface area contributed by atoms with Crippen molar-refractivity contribution < 1.29 is 22.7 Å². The van der Waals surface area contributed by atoms with Crippen LogP contribution >= 0.6 is 11.3 Å². The van der Waals surface area contributed by atoms with Gasteiger partial charge in [-0.05, 0) is 63.4 Å². The molecule has 0 bridgehead atoms. The van der Waals surface area contributed by atoms with Gasteiger partial charge in [-0.3, -0.25) is 4.79 Å². The second-order valence-electron chi connectivity index (χ2n) is 7.29. The Morgan fingerprint density at radius 1 is 1.27 bits per heavy atom. The smallest absolute Gasteiger partial charge is 0.348 e. The highest BCUT2D eigenvalue weighted by atomic mass is 32.2. The maximum Gasteiger partial charge on any atom is 0.348 e. The van der Waals surface area contributed by atoms with Crippen molar-refractivity contribution in [1.29, 1.82) is 0 Å². The van der Waals surface area contributed by atoms with Crippen LogP contribution in [0.1, 0.15) is 58.7 Å². The van der Waals surface area contributed by atoms with Gasteiger partial charge >= 0.3 is 5.97 Å². The molecular weight excluding hydrogens is 424 g/mol. The zero-order valence-electron chi connectivity index (χ0n) is 17.3. The molecule has 1 atom stereocenters. The normalized spacial score (nSPS) is 17.5. The minimum Gasteiger partial charge on any atom is -0.462 e. The van der Waals surface area contributed by atoms with Gasteiger partial charge in [-0.1, -0.05) is 12.5 Å². The van der Waals surface area contributed by atoms with E-state index in [4.69, 9.17) is 4.74 Å². The lowest BCUT2D eigenvalue weighted by Crippen LogP contribution is -2.41. The Labute approximate surface area is 181 Å². The monoisotopic (exact) mass is 450 g/mol. The van der Waals surface area contributed by atoms with Crippen LogP contribution in [-0.4, -0.2) is 43.8 Å². The van der Waals surface area contributed by atoms with Crippen molar-refractivity contribution >= 4 is 38.2 Å². The second kappa shape index (κ2) is 9.28. The fourth-order valence-corrected chi connectivity index (χ4v) is 6.20. The minimum atomic E-state index is -3.67. The molecule has 2 aromatic rings. The number of benzene rings is 1. The zero-order chi connectivity index (χ0) is 21.9. The van der Waals surface area contributed by atoms with Gasteiger partial charge in [0.25, 0.3) is 5.91 Å². The molecule has 1 aliphatic rings. The first-order valence-corrected chi connectivity index (χ1v) is 12.2. The molecule has 0 unspecified atom stereocenters. The molecule has 0 saturated carbocycles. The van der Waals surface area contributed by atoms with Gasteiger partial charge in [0.2, 0.25) is 10.0 Å². The summed E-state index contributed by atoms with van der Waals surface area (Å²) < 4.78 is 32.7. The number of hydrogen-bond acceptors (Lipinski definition) is 6. The van der Waals surface area contributed by atoms with Crippen molar-refractivity contribution in [3.8, 4) is 0 Å². The Morgan fingerprint density at radius 3 is 2.73 bits per heavy atom. The molecule has 0 spiro atoms. The number of rotatable bonds is 6. The maximum absolute atomic E-state index is 13.1. The summed E-state index contributed by atoms with van der Waals surface area (Å²) in [6.45, 7) is 6.17. The molecule has 1 aliphatic heterocycles. The van der Waals surface area contributed by atoms with E-state index in [0.29, 0.717) is 22.0 Å². The summed E-state index contributed by atoms with van der Waals surface area (Å²) in [6.07, 6.45) is 2.69. The Hall–Kier alpha value is -2.23. The number of aryl methyl sites for hydroxylation is 1. The third kappa shape index (κ3) is 4.74. The Morgan fingerprint density at radius 2 is 2.03 bits per heavy atom. The molecule has 1 N–H and O–H groups in total. The number of ether oxygens (including phenoxy) is 1. The van der Waals surface area contributed by atoms with Gasteiger partial charge in [0.05, 0.1) is 16.5 Å². The van der Waals surface area contributed by atoms with E-state index in [9.17, 15) is 18.0 Å². The van der Waals surface area contributed by atoms with Crippen molar-refractivity contribution in [1.82, 2.24) is 4.31 Å². The molecule has 162 valence electrons. The van der Waals surface area contributed by atoms with Gasteiger partial charge in [0, 0.05) is 18.2 Å².